The van der Waals surface area contributed by atoms with Crippen LogP contribution in [-0.4, -0.2) is 10.2 Å². The van der Waals surface area contributed by atoms with Crippen LogP contribution in [-0.2, 0) is 0 Å². The van der Waals surface area contributed by atoms with Gasteiger partial charge >= 0.3 is 5.76 Å². The van der Waals surface area contributed by atoms with Gasteiger partial charge in [-0.25, -0.2) is 18.7 Å². The summed E-state index contributed by atoms with van der Waals surface area (Å²) in [5.41, 5.74) is -0.189. The van der Waals surface area contributed by atoms with E-state index in [1.807, 2.05) is 5.10 Å². The molecule has 0 saturated heterocycles. The second-order valence-electron chi connectivity index (χ2n) is 2.97. The van der Waals surface area contributed by atoms with Gasteiger partial charge in [-0.1, -0.05) is 6.07 Å². The average Bonchev–Trinajstić information content (AvgIpc) is 2.59. The summed E-state index contributed by atoms with van der Waals surface area (Å²) in [4.78, 5) is 10.6. The van der Waals surface area contributed by atoms with Crippen LogP contribution in [0.4, 0.5) is 8.78 Å². The van der Waals surface area contributed by atoms with Gasteiger partial charge in [0.2, 0.25) is 0 Å². The number of hydrogen-bond acceptors (Lipinski definition) is 3. The van der Waals surface area contributed by atoms with Gasteiger partial charge < -0.3 is 4.42 Å². The van der Waals surface area contributed by atoms with Gasteiger partial charge in [0, 0.05) is 0 Å². The topological polar surface area (TPSA) is 58.9 Å². The first-order chi connectivity index (χ1) is 7.09. The van der Waals surface area contributed by atoms with E-state index in [9.17, 15) is 13.6 Å². The summed E-state index contributed by atoms with van der Waals surface area (Å²) in [6, 6.07) is 2.38. The molecule has 6 heteroatoms. The summed E-state index contributed by atoms with van der Waals surface area (Å²) in [5.74, 6) is -2.86. The maximum atomic E-state index is 13.5. The Morgan fingerprint density at radius 1 is 1.40 bits per heavy atom. The number of aryl methyl sites for hydroxylation is 1. The highest BCUT2D eigenvalue weighted by Gasteiger charge is 2.18. The first-order valence-electron chi connectivity index (χ1n) is 4.10. The van der Waals surface area contributed by atoms with Crippen LogP contribution in [0.3, 0.4) is 0 Å². The average molecular weight is 212 g/mol. The fraction of sp³-hybridized carbons (Fsp3) is 0.111. The molecule has 78 valence electrons. The highest BCUT2D eigenvalue weighted by atomic mass is 19.1. The molecular weight excluding hydrogens is 206 g/mol. The van der Waals surface area contributed by atoms with E-state index in [1.165, 1.54) is 13.0 Å². The number of nitrogens with zero attached hydrogens (tertiary/aromatic N) is 1. The van der Waals surface area contributed by atoms with Crippen molar-refractivity contribution in [2.75, 3.05) is 0 Å². The van der Waals surface area contributed by atoms with Gasteiger partial charge in [0.25, 0.3) is 5.89 Å². The van der Waals surface area contributed by atoms with Crippen LogP contribution in [0.25, 0.3) is 11.5 Å². The van der Waals surface area contributed by atoms with Crippen LogP contribution < -0.4 is 5.76 Å². The standard InChI is InChI=1S/C9H6F2N2O2/c1-4-2-3-5(10)6(7(4)11)8-12-13-9(14)15-8/h2-3H,1H3,(H,13,14). The number of rotatable bonds is 1. The Kier molecular flexibility index (Phi) is 2.11. The molecular formula is C9H6F2N2O2. The normalized spacial score (nSPS) is 10.6. The zero-order valence-corrected chi connectivity index (χ0v) is 7.67. The molecule has 1 heterocycles. The molecule has 0 amide bonds. The van der Waals surface area contributed by atoms with Crippen molar-refractivity contribution in [3.63, 3.8) is 0 Å². The molecule has 1 N–H and O–H groups in total. The monoisotopic (exact) mass is 212 g/mol. The third kappa shape index (κ3) is 1.54. The Hall–Kier alpha value is -1.98. The smallest absolute Gasteiger partial charge is 0.388 e. The number of benzene rings is 1. The zero-order valence-electron chi connectivity index (χ0n) is 7.67. The van der Waals surface area contributed by atoms with E-state index in [2.05, 4.69) is 9.52 Å². The van der Waals surface area contributed by atoms with Gasteiger partial charge in [-0.15, -0.1) is 5.10 Å². The fourth-order valence-electron chi connectivity index (χ4n) is 1.19. The van der Waals surface area contributed by atoms with Crippen LogP contribution in [0, 0.1) is 18.6 Å². The molecule has 0 spiro atoms. The lowest BCUT2D eigenvalue weighted by Gasteiger charge is -2.01. The number of nitrogens with one attached hydrogen (secondary N) is 1. The van der Waals surface area contributed by atoms with E-state index in [0.29, 0.717) is 0 Å². The number of hydrogen-bond donors (Lipinski definition) is 1. The summed E-state index contributed by atoms with van der Waals surface area (Å²) >= 11 is 0. The summed E-state index contributed by atoms with van der Waals surface area (Å²) < 4.78 is 31.3. The highest BCUT2D eigenvalue weighted by molar-refractivity contribution is 5.55. The first kappa shape index (κ1) is 9.57. The third-order valence-electron chi connectivity index (χ3n) is 1.94. The van der Waals surface area contributed by atoms with E-state index in [0.717, 1.165) is 6.07 Å². The van der Waals surface area contributed by atoms with Crippen LogP contribution in [0.2, 0.25) is 0 Å². The highest BCUT2D eigenvalue weighted by Crippen LogP contribution is 2.25. The van der Waals surface area contributed by atoms with Crippen molar-refractivity contribution in [2.24, 2.45) is 0 Å². The minimum atomic E-state index is -0.856. The zero-order chi connectivity index (χ0) is 11.0. The van der Waals surface area contributed by atoms with E-state index >= 15 is 0 Å². The molecule has 1 aromatic carbocycles. The molecule has 0 unspecified atom stereocenters. The van der Waals surface area contributed by atoms with E-state index < -0.39 is 28.8 Å². The molecule has 4 nitrogen and oxygen atoms in total. The van der Waals surface area contributed by atoms with E-state index in [1.54, 1.807) is 0 Å². The maximum Gasteiger partial charge on any atom is 0.434 e. The lowest BCUT2D eigenvalue weighted by Crippen LogP contribution is -1.94. The molecule has 0 radical (unpaired) electrons. The number of H-pyrrole nitrogens is 1. The molecule has 15 heavy (non-hydrogen) atoms. The summed E-state index contributed by atoms with van der Waals surface area (Å²) in [7, 11) is 0. The number of aromatic nitrogens is 2. The second-order valence-corrected chi connectivity index (χ2v) is 2.97. The minimum absolute atomic E-state index is 0.247. The Labute approximate surface area is 82.5 Å². The summed E-state index contributed by atoms with van der Waals surface area (Å²) in [6.07, 6.45) is 0. The summed E-state index contributed by atoms with van der Waals surface area (Å²) in [6.45, 7) is 1.48. The van der Waals surface area contributed by atoms with Crippen molar-refractivity contribution in [1.29, 1.82) is 0 Å². The van der Waals surface area contributed by atoms with E-state index in [4.69, 9.17) is 0 Å². The van der Waals surface area contributed by atoms with Crippen molar-refractivity contribution < 1.29 is 13.2 Å². The maximum absolute atomic E-state index is 13.5. The SMILES string of the molecule is Cc1ccc(F)c(-c2n[nH]c(=O)o2)c1F. The predicted octanol–water partition coefficient (Wildman–Crippen LogP) is 1.62. The molecule has 2 aromatic rings. The van der Waals surface area contributed by atoms with Crippen molar-refractivity contribution in [3.8, 4) is 11.5 Å². The van der Waals surface area contributed by atoms with Gasteiger partial charge in [-0.3, -0.25) is 0 Å². The fourth-order valence-corrected chi connectivity index (χ4v) is 1.19. The quantitative estimate of drug-likeness (QED) is 0.781. The van der Waals surface area contributed by atoms with Crippen LogP contribution in [0.1, 0.15) is 5.56 Å². The van der Waals surface area contributed by atoms with Crippen LogP contribution in [0.5, 0.6) is 0 Å². The Balaban J connectivity index is 2.71. The molecule has 0 aliphatic carbocycles. The number of halogens is 2. The van der Waals surface area contributed by atoms with Gasteiger partial charge in [0.1, 0.15) is 17.2 Å². The molecule has 2 rings (SSSR count). The molecule has 0 fully saturated rings. The minimum Gasteiger partial charge on any atom is -0.388 e. The molecule has 0 saturated carbocycles. The van der Waals surface area contributed by atoms with E-state index in [-0.39, 0.29) is 5.56 Å². The third-order valence-corrected chi connectivity index (χ3v) is 1.94. The van der Waals surface area contributed by atoms with Gasteiger partial charge in [0.15, 0.2) is 0 Å². The molecule has 0 atom stereocenters. The Morgan fingerprint density at radius 3 is 2.73 bits per heavy atom. The van der Waals surface area contributed by atoms with Crippen LogP contribution >= 0.6 is 0 Å². The lowest BCUT2D eigenvalue weighted by atomic mass is 10.1. The molecule has 1 aromatic heterocycles. The van der Waals surface area contributed by atoms with Crippen molar-refractivity contribution in [3.05, 3.63) is 39.9 Å². The first-order valence-corrected chi connectivity index (χ1v) is 4.10. The predicted molar refractivity (Wildman–Crippen MR) is 47.2 cm³/mol. The van der Waals surface area contributed by atoms with Gasteiger partial charge in [-0.2, -0.15) is 0 Å². The molecule has 0 aliphatic rings. The van der Waals surface area contributed by atoms with Gasteiger partial charge in [0.05, 0.1) is 0 Å². The Bertz CT molecular complexity index is 559. The van der Waals surface area contributed by atoms with Crippen LogP contribution in [0.15, 0.2) is 21.3 Å². The van der Waals surface area contributed by atoms with Gasteiger partial charge in [-0.05, 0) is 18.6 Å². The molecule has 0 bridgehead atoms. The summed E-state index contributed by atoms with van der Waals surface area (Å²) in [5, 5.41) is 5.30. The Morgan fingerprint density at radius 2 is 2.13 bits per heavy atom. The van der Waals surface area contributed by atoms with Crippen molar-refractivity contribution >= 4 is 0 Å². The second kappa shape index (κ2) is 3.30. The molecule has 0 aliphatic heterocycles. The number of aromatic amines is 1. The van der Waals surface area contributed by atoms with Crippen molar-refractivity contribution in [2.45, 2.75) is 6.92 Å². The van der Waals surface area contributed by atoms with Crippen molar-refractivity contribution in [1.82, 2.24) is 10.2 Å². The lowest BCUT2D eigenvalue weighted by molar-refractivity contribution is 0.510. The largest absolute Gasteiger partial charge is 0.434 e.